The maximum absolute atomic E-state index is 13.8. The summed E-state index contributed by atoms with van der Waals surface area (Å²) in [6, 6.07) is 5.09. The summed E-state index contributed by atoms with van der Waals surface area (Å²) in [6.07, 6.45) is -10.3. The lowest BCUT2D eigenvalue weighted by Crippen LogP contribution is -2.74. The van der Waals surface area contributed by atoms with E-state index in [2.05, 4.69) is 6.58 Å². The van der Waals surface area contributed by atoms with Crippen molar-refractivity contribution in [1.29, 1.82) is 0 Å². The molecule has 1 aromatic rings. The molecule has 18 heteroatoms. The summed E-state index contributed by atoms with van der Waals surface area (Å²) >= 11 is 0. The van der Waals surface area contributed by atoms with E-state index < -0.39 is 67.1 Å². The van der Waals surface area contributed by atoms with Crippen molar-refractivity contribution < 1.29 is 79.4 Å². The van der Waals surface area contributed by atoms with E-state index >= 15 is 0 Å². The van der Waals surface area contributed by atoms with Gasteiger partial charge in [0.1, 0.15) is 5.75 Å². The molecule has 0 amide bonds. The van der Waals surface area contributed by atoms with Crippen LogP contribution in [-0.2, 0) is 0 Å². The van der Waals surface area contributed by atoms with Crippen LogP contribution in [0.2, 0.25) is 0 Å². The van der Waals surface area contributed by atoms with Gasteiger partial charge in [0.05, 0.1) is 6.61 Å². The molecule has 0 saturated heterocycles. The first kappa shape index (κ1) is 32.6. The average Bonchev–Trinajstić information content (AvgIpc) is 2.75. The number of rotatable bonds is 12. The minimum atomic E-state index is -8.62. The lowest BCUT2D eigenvalue weighted by Gasteiger charge is -2.42. The van der Waals surface area contributed by atoms with E-state index in [-0.39, 0.29) is 5.75 Å². The third-order valence-corrected chi connectivity index (χ3v) is 4.81. The molecule has 0 bridgehead atoms. The first-order valence-corrected chi connectivity index (χ1v) is 9.33. The summed E-state index contributed by atoms with van der Waals surface area (Å²) in [5.41, 5.74) is 0.525. The van der Waals surface area contributed by atoms with Crippen LogP contribution in [0.5, 0.6) is 5.75 Å². The fourth-order valence-corrected chi connectivity index (χ4v) is 2.54. The monoisotopic (exact) mass is 580 g/mol. The highest BCUT2D eigenvalue weighted by Gasteiger charge is 2.95. The number of ether oxygens (including phenoxy) is 1. The summed E-state index contributed by atoms with van der Waals surface area (Å²) in [6.45, 7) is 2.40. The second kappa shape index (κ2) is 9.71. The standard InChI is InChI=1S/C19H13F17O/c1-2-10-4-6-11(7-5-10)37-9-3-8-12(20,21)13(22,23)14(24,25)15(26,27)16(28,29)17(30,31)18(32,33)19(34,35)36/h2,4-7H,1,3,8-9H2. The number of halogens is 17. The van der Waals surface area contributed by atoms with Crippen LogP contribution < -0.4 is 4.74 Å². The molecule has 0 radical (unpaired) electrons. The summed E-state index contributed by atoms with van der Waals surface area (Å²) in [5, 5.41) is 0. The fourth-order valence-electron chi connectivity index (χ4n) is 2.54. The quantitative estimate of drug-likeness (QED) is 0.178. The zero-order valence-electron chi connectivity index (χ0n) is 17.5. The largest absolute Gasteiger partial charge is 0.494 e. The Morgan fingerprint density at radius 3 is 1.32 bits per heavy atom. The normalized spacial score (nSPS) is 15.1. The number of benzene rings is 1. The molecular formula is C19H13F17O. The zero-order chi connectivity index (χ0) is 29.5. The van der Waals surface area contributed by atoms with Crippen molar-refractivity contribution in [2.75, 3.05) is 6.61 Å². The van der Waals surface area contributed by atoms with Crippen molar-refractivity contribution in [3.05, 3.63) is 36.4 Å². The summed E-state index contributed by atoms with van der Waals surface area (Å²) in [4.78, 5) is 0. The molecular weight excluding hydrogens is 567 g/mol. The molecule has 0 N–H and O–H groups in total. The average molecular weight is 580 g/mol. The first-order valence-electron chi connectivity index (χ1n) is 9.33. The van der Waals surface area contributed by atoms with Gasteiger partial charge in [-0.25, -0.2) is 0 Å². The summed E-state index contributed by atoms with van der Waals surface area (Å²) in [5.74, 6) is -56.3. The van der Waals surface area contributed by atoms with Gasteiger partial charge in [0.2, 0.25) is 0 Å². The van der Waals surface area contributed by atoms with Crippen LogP contribution >= 0.6 is 0 Å². The van der Waals surface area contributed by atoms with Crippen LogP contribution in [0, 0.1) is 0 Å². The van der Waals surface area contributed by atoms with E-state index in [1.165, 1.54) is 30.3 Å². The second-order valence-corrected chi connectivity index (χ2v) is 7.37. The third kappa shape index (κ3) is 5.15. The van der Waals surface area contributed by atoms with E-state index in [1.807, 2.05) is 0 Å². The SMILES string of the molecule is C=Cc1ccc(OCCCC(F)(F)C(F)(F)C(F)(F)C(F)(F)C(F)(F)C(F)(F)C(F)(F)C(F)(F)F)cc1. The third-order valence-electron chi connectivity index (χ3n) is 4.81. The van der Waals surface area contributed by atoms with Crippen LogP contribution in [0.3, 0.4) is 0 Å². The van der Waals surface area contributed by atoms with Gasteiger partial charge >= 0.3 is 47.6 Å². The van der Waals surface area contributed by atoms with Gasteiger partial charge in [-0.15, -0.1) is 0 Å². The molecule has 214 valence electrons. The molecule has 0 saturated carbocycles. The van der Waals surface area contributed by atoms with Crippen molar-refractivity contribution in [3.8, 4) is 5.75 Å². The summed E-state index contributed by atoms with van der Waals surface area (Å²) < 4.78 is 229. The lowest BCUT2D eigenvalue weighted by molar-refractivity contribution is -0.461. The molecule has 0 atom stereocenters. The van der Waals surface area contributed by atoms with E-state index in [9.17, 15) is 74.6 Å². The van der Waals surface area contributed by atoms with E-state index in [1.54, 1.807) is 0 Å². The molecule has 1 rings (SSSR count). The van der Waals surface area contributed by atoms with Crippen LogP contribution in [0.15, 0.2) is 30.8 Å². The molecule has 0 spiro atoms. The Hall–Kier alpha value is -2.43. The first-order chi connectivity index (χ1) is 16.3. The molecule has 0 aromatic heterocycles. The molecule has 0 heterocycles. The molecule has 1 aromatic carbocycles. The fraction of sp³-hybridized carbons (Fsp3) is 0.579. The Morgan fingerprint density at radius 2 is 0.946 bits per heavy atom. The van der Waals surface area contributed by atoms with Gasteiger partial charge < -0.3 is 4.74 Å². The van der Waals surface area contributed by atoms with Crippen molar-refractivity contribution >= 4 is 6.08 Å². The smallest absolute Gasteiger partial charge is 0.460 e. The van der Waals surface area contributed by atoms with Gasteiger partial charge in [-0.1, -0.05) is 24.8 Å². The van der Waals surface area contributed by atoms with Crippen molar-refractivity contribution in [2.24, 2.45) is 0 Å². The molecule has 0 fully saturated rings. The highest BCUT2D eigenvalue weighted by Crippen LogP contribution is 2.64. The molecule has 0 unspecified atom stereocenters. The number of alkyl halides is 17. The van der Waals surface area contributed by atoms with Crippen LogP contribution in [-0.4, -0.2) is 54.2 Å². The maximum atomic E-state index is 13.8. The van der Waals surface area contributed by atoms with Gasteiger partial charge in [0, 0.05) is 6.42 Å². The predicted molar refractivity (Wildman–Crippen MR) is 91.9 cm³/mol. The Kier molecular flexibility index (Phi) is 8.55. The topological polar surface area (TPSA) is 9.23 Å². The van der Waals surface area contributed by atoms with Crippen molar-refractivity contribution in [3.63, 3.8) is 0 Å². The van der Waals surface area contributed by atoms with Crippen molar-refractivity contribution in [1.82, 2.24) is 0 Å². The van der Waals surface area contributed by atoms with Gasteiger partial charge in [0.25, 0.3) is 0 Å². The molecule has 37 heavy (non-hydrogen) atoms. The molecule has 0 aliphatic rings. The van der Waals surface area contributed by atoms with Crippen LogP contribution in [0.1, 0.15) is 18.4 Å². The molecule has 1 nitrogen and oxygen atoms in total. The highest BCUT2D eigenvalue weighted by atomic mass is 19.4. The van der Waals surface area contributed by atoms with E-state index in [4.69, 9.17) is 4.74 Å². The number of hydrogen-bond donors (Lipinski definition) is 0. The van der Waals surface area contributed by atoms with Gasteiger partial charge in [-0.2, -0.15) is 74.6 Å². The number of hydrogen-bond acceptors (Lipinski definition) is 1. The lowest BCUT2D eigenvalue weighted by atomic mass is 9.88. The van der Waals surface area contributed by atoms with Crippen molar-refractivity contribution in [2.45, 2.75) is 60.5 Å². The van der Waals surface area contributed by atoms with E-state index in [0.29, 0.717) is 5.56 Å². The zero-order valence-corrected chi connectivity index (χ0v) is 17.5. The maximum Gasteiger partial charge on any atom is 0.460 e. The predicted octanol–water partition coefficient (Wildman–Crippen LogP) is 8.50. The van der Waals surface area contributed by atoms with Gasteiger partial charge in [0.15, 0.2) is 0 Å². The molecule has 0 aliphatic heterocycles. The van der Waals surface area contributed by atoms with Crippen LogP contribution in [0.4, 0.5) is 74.6 Å². The van der Waals surface area contributed by atoms with Gasteiger partial charge in [-0.05, 0) is 24.1 Å². The Labute approximate surface area is 195 Å². The Bertz CT molecular complexity index is 931. The Morgan fingerprint density at radius 1 is 0.568 bits per heavy atom. The highest BCUT2D eigenvalue weighted by molar-refractivity contribution is 5.48. The minimum absolute atomic E-state index is 0.106. The minimum Gasteiger partial charge on any atom is -0.494 e. The summed E-state index contributed by atoms with van der Waals surface area (Å²) in [7, 11) is 0. The van der Waals surface area contributed by atoms with Crippen LogP contribution in [0.25, 0.3) is 6.08 Å². The molecule has 0 aliphatic carbocycles. The second-order valence-electron chi connectivity index (χ2n) is 7.37. The van der Waals surface area contributed by atoms with E-state index in [0.717, 1.165) is 0 Å². The van der Waals surface area contributed by atoms with Gasteiger partial charge in [-0.3, -0.25) is 0 Å². The Balaban J connectivity index is 3.21.